The highest BCUT2D eigenvalue weighted by atomic mass is 35.5. The Balaban J connectivity index is 2.42. The summed E-state index contributed by atoms with van der Waals surface area (Å²) in [6, 6.07) is 7.61. The van der Waals surface area contributed by atoms with Gasteiger partial charge in [0.05, 0.1) is 17.1 Å². The Kier molecular flexibility index (Phi) is 3.71. The third kappa shape index (κ3) is 2.81. The van der Waals surface area contributed by atoms with Crippen molar-refractivity contribution in [3.8, 4) is 11.3 Å². The fraction of sp³-hybridized carbons (Fsp3) is 0.231. The minimum Gasteiger partial charge on any atom is -0.330 e. The first-order chi connectivity index (χ1) is 8.20. The Morgan fingerprint density at radius 3 is 2.59 bits per heavy atom. The van der Waals surface area contributed by atoms with E-state index in [1.54, 1.807) is 6.20 Å². The molecule has 0 saturated heterocycles. The van der Waals surface area contributed by atoms with Gasteiger partial charge in [-0.15, -0.1) is 0 Å². The number of rotatable bonds is 3. The maximum Gasteiger partial charge on any atom is 0.0917 e. The van der Waals surface area contributed by atoms with E-state index in [1.807, 2.05) is 31.2 Å². The molecule has 1 aromatic carbocycles. The molecule has 0 aliphatic rings. The highest BCUT2D eigenvalue weighted by Crippen LogP contribution is 2.22. The summed E-state index contributed by atoms with van der Waals surface area (Å²) in [6.07, 6.45) is 2.52. The van der Waals surface area contributed by atoms with Crippen molar-refractivity contribution in [1.29, 1.82) is 0 Å². The predicted octanol–water partition coefficient (Wildman–Crippen LogP) is 2.61. The Hall–Kier alpha value is -1.45. The number of nitrogens with zero attached hydrogens (tertiary/aromatic N) is 2. The van der Waals surface area contributed by atoms with Gasteiger partial charge >= 0.3 is 0 Å². The van der Waals surface area contributed by atoms with E-state index in [4.69, 9.17) is 17.3 Å². The van der Waals surface area contributed by atoms with Crippen LogP contribution in [0.4, 0.5) is 0 Å². The largest absolute Gasteiger partial charge is 0.330 e. The van der Waals surface area contributed by atoms with Crippen LogP contribution in [0.1, 0.15) is 11.4 Å². The Morgan fingerprint density at radius 2 is 1.94 bits per heavy atom. The number of hydrogen-bond donors (Lipinski definition) is 1. The van der Waals surface area contributed by atoms with Crippen LogP contribution < -0.4 is 5.73 Å². The topological polar surface area (TPSA) is 51.8 Å². The van der Waals surface area contributed by atoms with Crippen molar-refractivity contribution in [2.24, 2.45) is 5.73 Å². The molecular formula is C13H14ClN3. The molecule has 0 amide bonds. The lowest BCUT2D eigenvalue weighted by Gasteiger charge is -2.07. The van der Waals surface area contributed by atoms with Crippen molar-refractivity contribution in [1.82, 2.24) is 9.97 Å². The third-order valence-electron chi connectivity index (χ3n) is 2.52. The van der Waals surface area contributed by atoms with Crippen LogP contribution in [0.5, 0.6) is 0 Å². The first-order valence-corrected chi connectivity index (χ1v) is 5.87. The van der Waals surface area contributed by atoms with Gasteiger partial charge in [0.2, 0.25) is 0 Å². The maximum atomic E-state index is 5.87. The molecule has 0 saturated carbocycles. The SMILES string of the molecule is Cc1ncc(CCN)nc1-c1ccc(Cl)cc1. The summed E-state index contributed by atoms with van der Waals surface area (Å²) < 4.78 is 0. The Labute approximate surface area is 106 Å². The molecule has 2 N–H and O–H groups in total. The zero-order chi connectivity index (χ0) is 12.3. The van der Waals surface area contributed by atoms with Crippen LogP contribution in [-0.2, 0) is 6.42 Å². The van der Waals surface area contributed by atoms with Gasteiger partial charge in [-0.25, -0.2) is 4.98 Å². The molecule has 0 atom stereocenters. The molecule has 88 valence electrons. The monoisotopic (exact) mass is 247 g/mol. The van der Waals surface area contributed by atoms with Gasteiger partial charge in [-0.2, -0.15) is 0 Å². The van der Waals surface area contributed by atoms with E-state index in [1.165, 1.54) is 0 Å². The Morgan fingerprint density at radius 1 is 1.24 bits per heavy atom. The molecule has 0 aliphatic carbocycles. The number of nitrogens with two attached hydrogens (primary N) is 1. The summed E-state index contributed by atoms with van der Waals surface area (Å²) in [7, 11) is 0. The number of benzene rings is 1. The quantitative estimate of drug-likeness (QED) is 0.907. The highest BCUT2D eigenvalue weighted by Gasteiger charge is 2.06. The molecule has 0 unspecified atom stereocenters. The maximum absolute atomic E-state index is 5.87. The van der Waals surface area contributed by atoms with Crippen molar-refractivity contribution < 1.29 is 0 Å². The average Bonchev–Trinajstić information content (AvgIpc) is 2.33. The van der Waals surface area contributed by atoms with Crippen LogP contribution >= 0.6 is 11.6 Å². The lowest BCUT2D eigenvalue weighted by molar-refractivity contribution is 0.903. The smallest absolute Gasteiger partial charge is 0.0917 e. The Bertz CT molecular complexity index is 509. The fourth-order valence-corrected chi connectivity index (χ4v) is 1.76. The van der Waals surface area contributed by atoms with Crippen LogP contribution in [0.15, 0.2) is 30.5 Å². The second-order valence-corrected chi connectivity index (χ2v) is 4.28. The normalized spacial score (nSPS) is 10.5. The van der Waals surface area contributed by atoms with E-state index in [0.29, 0.717) is 6.54 Å². The minimum absolute atomic E-state index is 0.581. The molecule has 0 aliphatic heterocycles. The van der Waals surface area contributed by atoms with Crippen LogP contribution in [0.2, 0.25) is 5.02 Å². The summed E-state index contributed by atoms with van der Waals surface area (Å²) in [5, 5.41) is 0.720. The standard InChI is InChI=1S/C13H14ClN3/c1-9-13(10-2-4-11(14)5-3-10)17-12(6-7-15)8-16-9/h2-5,8H,6-7,15H2,1H3. The zero-order valence-electron chi connectivity index (χ0n) is 9.65. The van der Waals surface area contributed by atoms with Gasteiger partial charge in [0.25, 0.3) is 0 Å². The lowest BCUT2D eigenvalue weighted by atomic mass is 10.1. The molecule has 0 radical (unpaired) electrons. The van der Waals surface area contributed by atoms with Gasteiger partial charge < -0.3 is 5.73 Å². The fourth-order valence-electron chi connectivity index (χ4n) is 1.64. The van der Waals surface area contributed by atoms with Crippen LogP contribution in [0.25, 0.3) is 11.3 Å². The van der Waals surface area contributed by atoms with Crippen molar-refractivity contribution in [2.75, 3.05) is 6.54 Å². The second-order valence-electron chi connectivity index (χ2n) is 3.84. The molecule has 2 rings (SSSR count). The molecule has 0 spiro atoms. The molecule has 0 fully saturated rings. The summed E-state index contributed by atoms with van der Waals surface area (Å²) in [4.78, 5) is 8.92. The van der Waals surface area contributed by atoms with Crippen LogP contribution in [0, 0.1) is 6.92 Å². The van der Waals surface area contributed by atoms with E-state index in [9.17, 15) is 0 Å². The van der Waals surface area contributed by atoms with Gasteiger partial charge in [-0.1, -0.05) is 23.7 Å². The van der Waals surface area contributed by atoms with Crippen LogP contribution in [0.3, 0.4) is 0 Å². The first-order valence-electron chi connectivity index (χ1n) is 5.49. The summed E-state index contributed by atoms with van der Waals surface area (Å²) in [5.41, 5.74) is 9.27. The van der Waals surface area contributed by atoms with Gasteiger partial charge in [0.15, 0.2) is 0 Å². The zero-order valence-corrected chi connectivity index (χ0v) is 10.4. The number of aryl methyl sites for hydroxylation is 1. The lowest BCUT2D eigenvalue weighted by Crippen LogP contribution is -2.06. The first kappa shape index (κ1) is 12.0. The molecule has 1 aromatic heterocycles. The number of hydrogen-bond acceptors (Lipinski definition) is 3. The van der Waals surface area contributed by atoms with Crippen LogP contribution in [-0.4, -0.2) is 16.5 Å². The third-order valence-corrected chi connectivity index (χ3v) is 2.78. The van der Waals surface area contributed by atoms with E-state index in [-0.39, 0.29) is 0 Å². The second kappa shape index (κ2) is 5.25. The predicted molar refractivity (Wildman–Crippen MR) is 70.0 cm³/mol. The molecule has 1 heterocycles. The number of aromatic nitrogens is 2. The van der Waals surface area contributed by atoms with Crippen molar-refractivity contribution in [3.63, 3.8) is 0 Å². The molecular weight excluding hydrogens is 234 g/mol. The van der Waals surface area contributed by atoms with Gasteiger partial charge in [0, 0.05) is 23.2 Å². The van der Waals surface area contributed by atoms with Gasteiger partial charge in [-0.05, 0) is 25.6 Å². The number of halogens is 1. The highest BCUT2D eigenvalue weighted by molar-refractivity contribution is 6.30. The minimum atomic E-state index is 0.581. The molecule has 3 nitrogen and oxygen atoms in total. The van der Waals surface area contributed by atoms with Crippen molar-refractivity contribution in [3.05, 3.63) is 46.9 Å². The van der Waals surface area contributed by atoms with Gasteiger partial charge in [0.1, 0.15) is 0 Å². The molecule has 17 heavy (non-hydrogen) atoms. The van der Waals surface area contributed by atoms with Crippen molar-refractivity contribution in [2.45, 2.75) is 13.3 Å². The molecule has 0 bridgehead atoms. The summed E-state index contributed by atoms with van der Waals surface area (Å²) >= 11 is 5.87. The average molecular weight is 248 g/mol. The van der Waals surface area contributed by atoms with E-state index >= 15 is 0 Å². The van der Waals surface area contributed by atoms with E-state index in [2.05, 4.69) is 9.97 Å². The van der Waals surface area contributed by atoms with E-state index in [0.717, 1.165) is 34.1 Å². The van der Waals surface area contributed by atoms with Gasteiger partial charge in [-0.3, -0.25) is 4.98 Å². The van der Waals surface area contributed by atoms with E-state index < -0.39 is 0 Å². The molecule has 2 aromatic rings. The van der Waals surface area contributed by atoms with Crippen molar-refractivity contribution >= 4 is 11.6 Å². The molecule has 4 heteroatoms. The summed E-state index contributed by atoms with van der Waals surface area (Å²) in [5.74, 6) is 0. The summed E-state index contributed by atoms with van der Waals surface area (Å²) in [6.45, 7) is 2.53.